The summed E-state index contributed by atoms with van der Waals surface area (Å²) in [5.74, 6) is -4.54. The molecule has 2 aliphatic rings. The minimum Gasteiger partial charge on any atom is -0.491 e. The molecule has 4 atom stereocenters. The lowest BCUT2D eigenvalue weighted by Crippen LogP contribution is -2.36. The zero-order valence-electron chi connectivity index (χ0n) is 18.6. The summed E-state index contributed by atoms with van der Waals surface area (Å²) in [5.41, 5.74) is -0.634. The van der Waals surface area contributed by atoms with E-state index in [0.717, 1.165) is 19.3 Å². The highest BCUT2D eigenvalue weighted by molar-refractivity contribution is 5.66. The quantitative estimate of drug-likeness (QED) is 0.349. The summed E-state index contributed by atoms with van der Waals surface area (Å²) in [6, 6.07) is 5.04. The zero-order valence-corrected chi connectivity index (χ0v) is 18.6. The normalized spacial score (nSPS) is 25.6. The molecular formula is C26H28F4O3. The van der Waals surface area contributed by atoms with Gasteiger partial charge in [0.05, 0.1) is 32.0 Å². The fourth-order valence-corrected chi connectivity index (χ4v) is 4.69. The largest absolute Gasteiger partial charge is 0.491 e. The fourth-order valence-electron chi connectivity index (χ4n) is 4.69. The predicted molar refractivity (Wildman–Crippen MR) is 117 cm³/mol. The molecule has 4 unspecified atom stereocenters. The maximum atomic E-state index is 15.0. The van der Waals surface area contributed by atoms with E-state index in [2.05, 4.69) is 6.58 Å². The molecule has 7 heteroatoms. The van der Waals surface area contributed by atoms with Crippen LogP contribution in [0, 0.1) is 35.1 Å². The summed E-state index contributed by atoms with van der Waals surface area (Å²) in [5, 5.41) is 0. The first-order valence-electron chi connectivity index (χ1n) is 11.4. The minimum atomic E-state index is -1.28. The Bertz CT molecular complexity index is 994. The van der Waals surface area contributed by atoms with Crippen LogP contribution in [0.1, 0.15) is 44.3 Å². The average Bonchev–Trinajstić information content (AvgIpc) is 2.85. The van der Waals surface area contributed by atoms with E-state index in [1.54, 1.807) is 6.92 Å². The summed E-state index contributed by atoms with van der Waals surface area (Å²) in [6.45, 7) is 6.64. The number of benzene rings is 2. The molecule has 0 spiro atoms. The lowest BCUT2D eigenvalue weighted by Gasteiger charge is -2.37. The van der Waals surface area contributed by atoms with Crippen LogP contribution in [0.4, 0.5) is 17.6 Å². The Hall–Kier alpha value is -2.38. The molecule has 2 aliphatic heterocycles. The first-order valence-corrected chi connectivity index (χ1v) is 11.4. The van der Waals surface area contributed by atoms with Gasteiger partial charge in [0.2, 0.25) is 5.82 Å². The number of ether oxygens (including phenoxy) is 3. The second kappa shape index (κ2) is 10.3. The van der Waals surface area contributed by atoms with Crippen molar-refractivity contribution in [2.75, 3.05) is 19.8 Å². The third-order valence-corrected chi connectivity index (χ3v) is 6.61. The van der Waals surface area contributed by atoms with Crippen molar-refractivity contribution in [2.24, 2.45) is 11.8 Å². The number of hydrogen-bond acceptors (Lipinski definition) is 3. The molecule has 0 bridgehead atoms. The summed E-state index contributed by atoms with van der Waals surface area (Å²) in [7, 11) is 0. The van der Waals surface area contributed by atoms with E-state index in [4.69, 9.17) is 14.2 Å². The molecule has 0 aliphatic carbocycles. The molecule has 2 heterocycles. The van der Waals surface area contributed by atoms with Crippen molar-refractivity contribution < 1.29 is 31.8 Å². The van der Waals surface area contributed by atoms with Crippen LogP contribution in [0.5, 0.6) is 5.75 Å². The van der Waals surface area contributed by atoms with E-state index in [1.807, 2.05) is 6.08 Å². The van der Waals surface area contributed by atoms with Crippen molar-refractivity contribution in [3.8, 4) is 16.9 Å². The molecule has 0 N–H and O–H groups in total. The minimum absolute atomic E-state index is 0.0813. The number of rotatable bonds is 6. The molecule has 178 valence electrons. The predicted octanol–water partition coefficient (Wildman–Crippen LogP) is 6.76. The molecule has 0 radical (unpaired) electrons. The van der Waals surface area contributed by atoms with Crippen molar-refractivity contribution in [1.29, 1.82) is 0 Å². The van der Waals surface area contributed by atoms with Crippen molar-refractivity contribution in [2.45, 2.75) is 44.8 Å². The first-order chi connectivity index (χ1) is 15.9. The van der Waals surface area contributed by atoms with Gasteiger partial charge in [-0.15, -0.1) is 6.58 Å². The lowest BCUT2D eigenvalue weighted by atomic mass is 9.85. The van der Waals surface area contributed by atoms with Crippen LogP contribution in [0.25, 0.3) is 11.1 Å². The number of hydrogen-bond donors (Lipinski definition) is 0. The molecule has 0 saturated carbocycles. The van der Waals surface area contributed by atoms with Crippen molar-refractivity contribution in [1.82, 2.24) is 0 Å². The molecule has 2 saturated heterocycles. The Kier molecular flexibility index (Phi) is 7.39. The smallest absolute Gasteiger partial charge is 0.201 e. The van der Waals surface area contributed by atoms with Crippen LogP contribution >= 0.6 is 0 Å². The van der Waals surface area contributed by atoms with E-state index in [0.29, 0.717) is 25.6 Å². The summed E-state index contributed by atoms with van der Waals surface area (Å²) in [4.78, 5) is 0. The number of halogens is 4. The van der Waals surface area contributed by atoms with Crippen LogP contribution in [-0.2, 0) is 9.47 Å². The van der Waals surface area contributed by atoms with Crippen LogP contribution in [0.2, 0.25) is 0 Å². The summed E-state index contributed by atoms with van der Waals surface area (Å²) < 4.78 is 75.5. The zero-order chi connectivity index (χ0) is 23.5. The molecule has 33 heavy (non-hydrogen) atoms. The van der Waals surface area contributed by atoms with Crippen molar-refractivity contribution in [3.63, 3.8) is 0 Å². The Balaban J connectivity index is 1.48. The SMILES string of the molecule is C=CC1CCC(C2CCC(c3ccc(-c4ccc(OCC)c(F)c4F)c(F)c3F)OC2)OC1. The Morgan fingerprint density at radius 3 is 2.21 bits per heavy atom. The second-order valence-electron chi connectivity index (χ2n) is 8.61. The van der Waals surface area contributed by atoms with Gasteiger partial charge in [0.25, 0.3) is 0 Å². The van der Waals surface area contributed by atoms with Gasteiger partial charge >= 0.3 is 0 Å². The molecule has 2 aromatic rings. The highest BCUT2D eigenvalue weighted by Gasteiger charge is 2.33. The third-order valence-electron chi connectivity index (χ3n) is 6.61. The van der Waals surface area contributed by atoms with Crippen LogP contribution in [-0.4, -0.2) is 25.9 Å². The molecule has 0 aromatic heterocycles. The van der Waals surface area contributed by atoms with Crippen LogP contribution < -0.4 is 4.74 Å². The van der Waals surface area contributed by atoms with Gasteiger partial charge < -0.3 is 14.2 Å². The highest BCUT2D eigenvalue weighted by Crippen LogP contribution is 2.39. The van der Waals surface area contributed by atoms with E-state index in [-0.39, 0.29) is 41.1 Å². The Morgan fingerprint density at radius 1 is 0.879 bits per heavy atom. The van der Waals surface area contributed by atoms with Gasteiger partial charge in [0, 0.05) is 28.5 Å². The molecule has 3 nitrogen and oxygen atoms in total. The van der Waals surface area contributed by atoms with Gasteiger partial charge in [-0.05, 0) is 44.7 Å². The van der Waals surface area contributed by atoms with Crippen molar-refractivity contribution in [3.05, 3.63) is 65.8 Å². The maximum Gasteiger partial charge on any atom is 0.201 e. The third kappa shape index (κ3) is 4.80. The van der Waals surface area contributed by atoms with Gasteiger partial charge in [-0.2, -0.15) is 4.39 Å². The standard InChI is InChI=1S/C26H28F4O3/c1-3-15-5-10-20(32-13-15)16-6-11-21(33-14-16)19-8-7-17(23(27)25(19)29)18-9-12-22(31-4-2)26(30)24(18)28/h3,7-9,12,15-16,20-21H,1,4-6,10-11,13-14H2,2H3. The monoisotopic (exact) mass is 464 g/mol. The van der Waals surface area contributed by atoms with E-state index in [1.165, 1.54) is 24.3 Å². The molecule has 2 fully saturated rings. The van der Waals surface area contributed by atoms with E-state index in [9.17, 15) is 17.6 Å². The molecule has 0 amide bonds. The Morgan fingerprint density at radius 2 is 1.61 bits per heavy atom. The average molecular weight is 464 g/mol. The van der Waals surface area contributed by atoms with E-state index >= 15 is 0 Å². The Labute approximate surface area is 191 Å². The van der Waals surface area contributed by atoms with Gasteiger partial charge in [0.1, 0.15) is 0 Å². The molecule has 4 rings (SSSR count). The van der Waals surface area contributed by atoms with Crippen molar-refractivity contribution >= 4 is 0 Å². The maximum absolute atomic E-state index is 15.0. The van der Waals surface area contributed by atoms with Gasteiger partial charge in [-0.3, -0.25) is 0 Å². The second-order valence-corrected chi connectivity index (χ2v) is 8.61. The van der Waals surface area contributed by atoms with Gasteiger partial charge in [-0.1, -0.05) is 18.2 Å². The van der Waals surface area contributed by atoms with Gasteiger partial charge in [0.15, 0.2) is 23.2 Å². The lowest BCUT2D eigenvalue weighted by molar-refractivity contribution is -0.0997. The first kappa shape index (κ1) is 23.8. The highest BCUT2D eigenvalue weighted by atomic mass is 19.2. The topological polar surface area (TPSA) is 27.7 Å². The summed E-state index contributed by atoms with van der Waals surface area (Å²) in [6.07, 6.45) is 4.67. The van der Waals surface area contributed by atoms with Gasteiger partial charge in [-0.25, -0.2) is 13.2 Å². The van der Waals surface area contributed by atoms with Crippen LogP contribution in [0.15, 0.2) is 36.9 Å². The fraction of sp³-hybridized carbons (Fsp3) is 0.462. The molecule has 2 aromatic carbocycles. The summed E-state index contributed by atoms with van der Waals surface area (Å²) >= 11 is 0. The van der Waals surface area contributed by atoms with E-state index < -0.39 is 29.4 Å². The van der Waals surface area contributed by atoms with Crippen LogP contribution in [0.3, 0.4) is 0 Å². The molecular weight excluding hydrogens is 436 g/mol.